The van der Waals surface area contributed by atoms with E-state index in [1.807, 2.05) is 37.3 Å². The van der Waals surface area contributed by atoms with Crippen molar-refractivity contribution in [2.24, 2.45) is 0 Å². The highest BCUT2D eigenvalue weighted by Gasteiger charge is 2.26. The molecule has 7 nitrogen and oxygen atoms in total. The number of hydrogen-bond acceptors (Lipinski definition) is 5. The van der Waals surface area contributed by atoms with E-state index in [0.29, 0.717) is 17.3 Å². The molecule has 0 bridgehead atoms. The van der Waals surface area contributed by atoms with Gasteiger partial charge in [0.2, 0.25) is 0 Å². The molecule has 8 heteroatoms. The summed E-state index contributed by atoms with van der Waals surface area (Å²) in [5, 5.41) is 9.36. The lowest BCUT2D eigenvalue weighted by atomic mass is 9.95. The first-order valence-electron chi connectivity index (χ1n) is 11.5. The number of aromatic amines is 1. The summed E-state index contributed by atoms with van der Waals surface area (Å²) in [6.45, 7) is 2.24. The van der Waals surface area contributed by atoms with Crippen LogP contribution in [0.4, 0.5) is 5.00 Å². The molecule has 1 amide bonds. The Morgan fingerprint density at radius 1 is 1.09 bits per heavy atom. The monoisotopic (exact) mass is 469 g/mol. The van der Waals surface area contributed by atoms with Crippen LogP contribution in [0.5, 0.6) is 0 Å². The summed E-state index contributed by atoms with van der Waals surface area (Å²) >= 11 is 1.62. The van der Waals surface area contributed by atoms with E-state index in [1.54, 1.807) is 29.5 Å². The Labute approximate surface area is 199 Å². The lowest BCUT2D eigenvalue weighted by Crippen LogP contribution is -2.27. The van der Waals surface area contributed by atoms with Gasteiger partial charge in [0, 0.05) is 16.8 Å². The molecule has 6 rings (SSSR count). The molecule has 1 aliphatic carbocycles. The fourth-order valence-electron chi connectivity index (χ4n) is 4.76. The molecule has 0 spiro atoms. The Morgan fingerprint density at radius 3 is 2.68 bits per heavy atom. The maximum Gasteiger partial charge on any atom is 0.277 e. The average molecular weight is 470 g/mol. The number of hydrogen-bond donors (Lipinski definition) is 2. The minimum absolute atomic E-state index is 0.191. The van der Waals surface area contributed by atoms with Crippen molar-refractivity contribution in [3.8, 4) is 11.4 Å². The number of rotatable bonds is 4. The van der Waals surface area contributed by atoms with Gasteiger partial charge in [-0.05, 0) is 56.4 Å². The number of H-pyrrole nitrogens is 1. The number of benzene rings is 2. The third-order valence-electron chi connectivity index (χ3n) is 6.41. The average Bonchev–Trinajstić information content (AvgIpc) is 3.45. The number of amides is 1. The number of thiophene rings is 1. The molecule has 0 fully saturated rings. The lowest BCUT2D eigenvalue weighted by Gasteiger charge is -2.12. The molecular weight excluding hydrogens is 446 g/mol. The van der Waals surface area contributed by atoms with Crippen molar-refractivity contribution >= 4 is 44.1 Å². The lowest BCUT2D eigenvalue weighted by molar-refractivity contribution is 0.102. The fraction of sp³-hybridized carbons (Fsp3) is 0.231. The molecule has 0 atom stereocenters. The van der Waals surface area contributed by atoms with Gasteiger partial charge in [-0.15, -0.1) is 11.3 Å². The van der Waals surface area contributed by atoms with Gasteiger partial charge in [-0.1, -0.05) is 30.3 Å². The summed E-state index contributed by atoms with van der Waals surface area (Å²) in [7, 11) is 0. The maximum atomic E-state index is 13.6. The number of carbonyl (C=O) groups excluding carboxylic acids is 1. The van der Waals surface area contributed by atoms with Crippen LogP contribution in [0.15, 0.2) is 53.3 Å². The first kappa shape index (κ1) is 20.8. The predicted molar refractivity (Wildman–Crippen MR) is 136 cm³/mol. The summed E-state index contributed by atoms with van der Waals surface area (Å²) in [5.41, 5.74) is 4.16. The maximum absolute atomic E-state index is 13.6. The molecule has 2 N–H and O–H groups in total. The zero-order valence-corrected chi connectivity index (χ0v) is 19.5. The molecule has 2 aromatic carbocycles. The highest BCUT2D eigenvalue weighted by atomic mass is 32.1. The molecule has 0 radical (unpaired) electrons. The Kier molecular flexibility index (Phi) is 5.03. The Bertz CT molecular complexity index is 1590. The number of anilines is 1. The predicted octanol–water partition coefficient (Wildman–Crippen LogP) is 5.15. The molecule has 0 saturated heterocycles. The standard InChI is InChI=1S/C26H23N5O2S/c1-2-31-26(33)16-10-4-3-9-15(16)22(30-31)24(32)29-25-21(17-11-5-8-14-20(17)34-25)23-27-18-12-6-7-13-19(18)28-23/h3-4,6-7,9-10,12-13H,2,5,8,11,14H2,1H3,(H,27,28)(H,29,32). The smallest absolute Gasteiger partial charge is 0.277 e. The Morgan fingerprint density at radius 2 is 1.85 bits per heavy atom. The van der Waals surface area contributed by atoms with E-state index in [0.717, 1.165) is 53.1 Å². The number of aryl methyl sites for hydroxylation is 2. The van der Waals surface area contributed by atoms with Gasteiger partial charge in [-0.25, -0.2) is 9.67 Å². The van der Waals surface area contributed by atoms with Crippen molar-refractivity contribution in [2.45, 2.75) is 39.2 Å². The van der Waals surface area contributed by atoms with Crippen LogP contribution in [0.1, 0.15) is 40.7 Å². The van der Waals surface area contributed by atoms with Crippen LogP contribution in [0.2, 0.25) is 0 Å². The van der Waals surface area contributed by atoms with E-state index in [9.17, 15) is 9.59 Å². The van der Waals surface area contributed by atoms with E-state index in [1.165, 1.54) is 15.1 Å². The van der Waals surface area contributed by atoms with Crippen molar-refractivity contribution in [1.82, 2.24) is 19.7 Å². The van der Waals surface area contributed by atoms with Gasteiger partial charge in [0.05, 0.1) is 22.0 Å². The third kappa shape index (κ3) is 3.33. The summed E-state index contributed by atoms with van der Waals surface area (Å²) < 4.78 is 1.34. The van der Waals surface area contributed by atoms with E-state index in [2.05, 4.69) is 15.4 Å². The van der Waals surface area contributed by atoms with E-state index in [-0.39, 0.29) is 17.2 Å². The number of nitrogens with one attached hydrogen (secondary N) is 2. The van der Waals surface area contributed by atoms with Crippen molar-refractivity contribution in [3.05, 3.63) is 75.0 Å². The third-order valence-corrected chi connectivity index (χ3v) is 7.61. The van der Waals surface area contributed by atoms with Crippen LogP contribution in [0.25, 0.3) is 33.2 Å². The minimum atomic E-state index is -0.325. The second-order valence-corrected chi connectivity index (χ2v) is 9.59. The molecule has 3 aromatic heterocycles. The normalized spacial score (nSPS) is 13.3. The van der Waals surface area contributed by atoms with Gasteiger partial charge in [-0.3, -0.25) is 9.59 Å². The van der Waals surface area contributed by atoms with Gasteiger partial charge in [-0.2, -0.15) is 5.10 Å². The number of imidazole rings is 1. The Balaban J connectivity index is 1.48. The van der Waals surface area contributed by atoms with Crippen LogP contribution in [0, 0.1) is 0 Å². The van der Waals surface area contributed by atoms with Gasteiger partial charge in [0.15, 0.2) is 5.69 Å². The first-order valence-corrected chi connectivity index (χ1v) is 12.4. The number of aromatic nitrogens is 4. The number of fused-ring (bicyclic) bond motifs is 3. The largest absolute Gasteiger partial charge is 0.338 e. The van der Waals surface area contributed by atoms with Gasteiger partial charge in [0.1, 0.15) is 10.8 Å². The van der Waals surface area contributed by atoms with Crippen LogP contribution < -0.4 is 10.9 Å². The van der Waals surface area contributed by atoms with Crippen molar-refractivity contribution in [3.63, 3.8) is 0 Å². The molecule has 0 saturated carbocycles. The van der Waals surface area contributed by atoms with Crippen molar-refractivity contribution in [1.29, 1.82) is 0 Å². The molecule has 3 heterocycles. The van der Waals surface area contributed by atoms with Crippen LogP contribution in [-0.4, -0.2) is 25.7 Å². The SMILES string of the molecule is CCn1nc(C(=O)Nc2sc3c(c2-c2nc4ccccc4[nH]2)CCCC3)c2ccccc2c1=O. The number of para-hydroxylation sites is 2. The second kappa shape index (κ2) is 8.22. The highest BCUT2D eigenvalue weighted by molar-refractivity contribution is 7.17. The number of carbonyl (C=O) groups is 1. The van der Waals surface area contributed by atoms with Crippen molar-refractivity contribution in [2.75, 3.05) is 5.32 Å². The number of nitrogens with zero attached hydrogens (tertiary/aromatic N) is 3. The van der Waals surface area contributed by atoms with Crippen LogP contribution >= 0.6 is 11.3 Å². The molecule has 0 aliphatic heterocycles. The fourth-order valence-corrected chi connectivity index (χ4v) is 6.04. The summed E-state index contributed by atoms with van der Waals surface area (Å²) in [6, 6.07) is 15.1. The summed E-state index contributed by atoms with van der Waals surface area (Å²) in [6.07, 6.45) is 4.24. The molecule has 170 valence electrons. The highest BCUT2D eigenvalue weighted by Crippen LogP contribution is 2.44. The zero-order valence-electron chi connectivity index (χ0n) is 18.7. The van der Waals surface area contributed by atoms with Crippen molar-refractivity contribution < 1.29 is 4.79 Å². The van der Waals surface area contributed by atoms with Crippen LogP contribution in [-0.2, 0) is 19.4 Å². The molecule has 1 aliphatic rings. The van der Waals surface area contributed by atoms with Crippen LogP contribution in [0.3, 0.4) is 0 Å². The van der Waals surface area contributed by atoms with E-state index < -0.39 is 0 Å². The minimum Gasteiger partial charge on any atom is -0.338 e. The van der Waals surface area contributed by atoms with Gasteiger partial charge >= 0.3 is 0 Å². The van der Waals surface area contributed by atoms with E-state index >= 15 is 0 Å². The quantitative estimate of drug-likeness (QED) is 0.381. The second-order valence-electron chi connectivity index (χ2n) is 8.49. The Hall–Kier alpha value is -3.78. The molecule has 5 aromatic rings. The molecular formula is C26H23N5O2S. The van der Waals surface area contributed by atoms with E-state index in [4.69, 9.17) is 4.98 Å². The molecule has 0 unspecified atom stereocenters. The topological polar surface area (TPSA) is 92.7 Å². The zero-order chi connectivity index (χ0) is 23.2. The first-order chi connectivity index (χ1) is 16.6. The van der Waals surface area contributed by atoms with Gasteiger partial charge in [0.25, 0.3) is 11.5 Å². The summed E-state index contributed by atoms with van der Waals surface area (Å²) in [4.78, 5) is 35.8. The summed E-state index contributed by atoms with van der Waals surface area (Å²) in [5.74, 6) is 0.446. The van der Waals surface area contributed by atoms with Gasteiger partial charge < -0.3 is 10.3 Å². The molecule has 34 heavy (non-hydrogen) atoms.